The third kappa shape index (κ3) is 4.47. The molecule has 0 atom stereocenters. The number of hydrogen-bond donors (Lipinski definition) is 2. The van der Waals surface area contributed by atoms with Crippen LogP contribution in [0, 0.1) is 0 Å². The van der Waals surface area contributed by atoms with Gasteiger partial charge >= 0.3 is 0 Å². The Morgan fingerprint density at radius 3 is 1.80 bits per heavy atom. The standard InChI is InChI=1S/C21H28N2O2/c1-3-23(4-2)17-11-16-20(22-25)21(24,18-12-7-5-8-13-18)19-14-9-6-10-15-19/h5-10,12-15,24-25H,3-4,11,16-17H2,1-2H3. The van der Waals surface area contributed by atoms with E-state index in [1.807, 2.05) is 60.7 Å². The van der Waals surface area contributed by atoms with Gasteiger partial charge in [0.05, 0.1) is 5.71 Å². The Hall–Kier alpha value is -2.17. The Balaban J connectivity index is 2.31. The summed E-state index contributed by atoms with van der Waals surface area (Å²) in [6, 6.07) is 18.8. The normalized spacial score (nSPS) is 12.6. The fraction of sp³-hybridized carbons (Fsp3) is 0.381. The monoisotopic (exact) mass is 340 g/mol. The number of oxime groups is 1. The van der Waals surface area contributed by atoms with Crippen molar-refractivity contribution < 1.29 is 10.3 Å². The predicted molar refractivity (Wildman–Crippen MR) is 102 cm³/mol. The van der Waals surface area contributed by atoms with Gasteiger partial charge in [0.25, 0.3) is 0 Å². The number of aliphatic hydroxyl groups is 1. The molecule has 2 rings (SSSR count). The summed E-state index contributed by atoms with van der Waals surface area (Å²) in [7, 11) is 0. The van der Waals surface area contributed by atoms with E-state index in [1.165, 1.54) is 0 Å². The summed E-state index contributed by atoms with van der Waals surface area (Å²) >= 11 is 0. The van der Waals surface area contributed by atoms with E-state index in [9.17, 15) is 10.3 Å². The fourth-order valence-electron chi connectivity index (χ4n) is 3.17. The molecule has 0 aliphatic rings. The second-order valence-electron chi connectivity index (χ2n) is 6.12. The minimum atomic E-state index is -1.43. The molecular formula is C21H28N2O2. The highest BCUT2D eigenvalue weighted by molar-refractivity contribution is 5.96. The number of nitrogens with zero attached hydrogens (tertiary/aromatic N) is 2. The van der Waals surface area contributed by atoms with E-state index in [4.69, 9.17) is 0 Å². The van der Waals surface area contributed by atoms with Crippen molar-refractivity contribution in [1.82, 2.24) is 4.90 Å². The number of rotatable bonds is 9. The highest BCUT2D eigenvalue weighted by atomic mass is 16.4. The quantitative estimate of drug-likeness (QED) is 0.414. The molecule has 2 aromatic rings. The molecule has 0 aliphatic carbocycles. The largest absolute Gasteiger partial charge is 0.411 e. The minimum absolute atomic E-state index is 0.372. The molecule has 0 aromatic heterocycles. The van der Waals surface area contributed by atoms with Crippen LogP contribution in [0.1, 0.15) is 37.8 Å². The predicted octanol–water partition coefficient (Wildman–Crippen LogP) is 3.87. The Morgan fingerprint density at radius 2 is 1.40 bits per heavy atom. The van der Waals surface area contributed by atoms with Crippen molar-refractivity contribution in [1.29, 1.82) is 0 Å². The molecule has 0 saturated heterocycles. The van der Waals surface area contributed by atoms with Crippen LogP contribution in [0.4, 0.5) is 0 Å². The summed E-state index contributed by atoms with van der Waals surface area (Å²) in [6.07, 6.45) is 1.34. The summed E-state index contributed by atoms with van der Waals surface area (Å²) in [5.74, 6) is 0. The van der Waals surface area contributed by atoms with E-state index in [-0.39, 0.29) is 0 Å². The maximum Gasteiger partial charge on any atom is 0.156 e. The first kappa shape index (κ1) is 19.2. The lowest BCUT2D eigenvalue weighted by Crippen LogP contribution is -2.37. The van der Waals surface area contributed by atoms with Crippen LogP contribution in [0.2, 0.25) is 0 Å². The third-order valence-corrected chi connectivity index (χ3v) is 4.70. The van der Waals surface area contributed by atoms with Crippen molar-refractivity contribution >= 4 is 5.71 Å². The van der Waals surface area contributed by atoms with E-state index in [2.05, 4.69) is 23.9 Å². The van der Waals surface area contributed by atoms with E-state index >= 15 is 0 Å². The average molecular weight is 340 g/mol. The van der Waals surface area contributed by atoms with Gasteiger partial charge in [-0.05, 0) is 43.6 Å². The maximum absolute atomic E-state index is 11.6. The minimum Gasteiger partial charge on any atom is -0.411 e. The molecule has 4 nitrogen and oxygen atoms in total. The molecule has 0 radical (unpaired) electrons. The van der Waals surface area contributed by atoms with Crippen LogP contribution < -0.4 is 0 Å². The van der Waals surface area contributed by atoms with Gasteiger partial charge in [-0.2, -0.15) is 0 Å². The molecule has 0 fully saturated rings. The van der Waals surface area contributed by atoms with Crippen LogP contribution in [0.5, 0.6) is 0 Å². The second-order valence-corrected chi connectivity index (χ2v) is 6.12. The third-order valence-electron chi connectivity index (χ3n) is 4.70. The molecule has 2 aromatic carbocycles. The van der Waals surface area contributed by atoms with Crippen molar-refractivity contribution in [3.05, 3.63) is 71.8 Å². The van der Waals surface area contributed by atoms with Crippen molar-refractivity contribution in [3.63, 3.8) is 0 Å². The highest BCUT2D eigenvalue weighted by Gasteiger charge is 2.37. The number of benzene rings is 2. The zero-order valence-corrected chi connectivity index (χ0v) is 15.1. The van der Waals surface area contributed by atoms with Gasteiger partial charge in [0.2, 0.25) is 0 Å². The molecular weight excluding hydrogens is 312 g/mol. The van der Waals surface area contributed by atoms with Crippen LogP contribution in [-0.4, -0.2) is 40.6 Å². The lowest BCUT2D eigenvalue weighted by Gasteiger charge is -2.30. The van der Waals surface area contributed by atoms with Gasteiger partial charge < -0.3 is 15.2 Å². The smallest absolute Gasteiger partial charge is 0.156 e. The van der Waals surface area contributed by atoms with Crippen molar-refractivity contribution in [2.75, 3.05) is 19.6 Å². The Labute approximate surface area is 150 Å². The average Bonchev–Trinajstić information content (AvgIpc) is 2.69. The van der Waals surface area contributed by atoms with Gasteiger partial charge in [-0.1, -0.05) is 79.7 Å². The Kier molecular flexibility index (Phi) is 7.16. The molecule has 134 valence electrons. The summed E-state index contributed by atoms with van der Waals surface area (Å²) < 4.78 is 0. The molecule has 25 heavy (non-hydrogen) atoms. The number of hydrogen-bond acceptors (Lipinski definition) is 4. The van der Waals surface area contributed by atoms with Gasteiger partial charge in [0, 0.05) is 0 Å². The fourth-order valence-corrected chi connectivity index (χ4v) is 3.17. The van der Waals surface area contributed by atoms with Gasteiger partial charge in [-0.25, -0.2) is 0 Å². The molecule has 0 bridgehead atoms. The molecule has 0 aliphatic heterocycles. The highest BCUT2D eigenvalue weighted by Crippen LogP contribution is 2.32. The van der Waals surface area contributed by atoms with Crippen LogP contribution in [-0.2, 0) is 5.60 Å². The molecule has 0 amide bonds. The van der Waals surface area contributed by atoms with Crippen LogP contribution in [0.15, 0.2) is 65.8 Å². The summed E-state index contributed by atoms with van der Waals surface area (Å²) in [5, 5.41) is 24.8. The van der Waals surface area contributed by atoms with Crippen LogP contribution in [0.3, 0.4) is 0 Å². The first-order chi connectivity index (χ1) is 12.2. The summed E-state index contributed by atoms with van der Waals surface area (Å²) in [5.41, 5.74) is 0.353. The molecule has 0 heterocycles. The van der Waals surface area contributed by atoms with Gasteiger partial charge in [0.15, 0.2) is 5.60 Å². The summed E-state index contributed by atoms with van der Waals surface area (Å²) in [6.45, 7) is 7.16. The van der Waals surface area contributed by atoms with Gasteiger partial charge in [-0.15, -0.1) is 0 Å². The van der Waals surface area contributed by atoms with E-state index < -0.39 is 5.60 Å². The Bertz CT molecular complexity index is 613. The zero-order valence-electron chi connectivity index (χ0n) is 15.1. The second kappa shape index (κ2) is 9.35. The van der Waals surface area contributed by atoms with Gasteiger partial charge in [0.1, 0.15) is 0 Å². The van der Waals surface area contributed by atoms with Crippen LogP contribution in [0.25, 0.3) is 0 Å². The topological polar surface area (TPSA) is 56.1 Å². The SMILES string of the molecule is CCN(CC)CCCC(=NO)C(O)(c1ccccc1)c1ccccc1. The first-order valence-electron chi connectivity index (χ1n) is 8.94. The molecule has 0 unspecified atom stereocenters. The van der Waals surface area contributed by atoms with Crippen molar-refractivity contribution in [3.8, 4) is 0 Å². The van der Waals surface area contributed by atoms with Crippen molar-refractivity contribution in [2.45, 2.75) is 32.3 Å². The van der Waals surface area contributed by atoms with Crippen molar-refractivity contribution in [2.24, 2.45) is 5.16 Å². The molecule has 4 heteroatoms. The van der Waals surface area contributed by atoms with E-state index in [0.29, 0.717) is 23.3 Å². The Morgan fingerprint density at radius 1 is 0.920 bits per heavy atom. The van der Waals surface area contributed by atoms with Crippen LogP contribution >= 0.6 is 0 Å². The lowest BCUT2D eigenvalue weighted by molar-refractivity contribution is 0.146. The van der Waals surface area contributed by atoms with E-state index in [1.54, 1.807) is 0 Å². The molecule has 0 saturated carbocycles. The summed E-state index contributed by atoms with van der Waals surface area (Å²) in [4.78, 5) is 2.32. The van der Waals surface area contributed by atoms with E-state index in [0.717, 1.165) is 26.1 Å². The zero-order chi connectivity index (χ0) is 18.1. The lowest BCUT2D eigenvalue weighted by atomic mass is 9.80. The molecule has 0 spiro atoms. The van der Waals surface area contributed by atoms with Gasteiger partial charge in [-0.3, -0.25) is 0 Å². The first-order valence-corrected chi connectivity index (χ1v) is 8.94. The maximum atomic E-state index is 11.6. The molecule has 2 N–H and O–H groups in total.